The van der Waals surface area contributed by atoms with Crippen LogP contribution in [0, 0.1) is 6.92 Å². The first-order chi connectivity index (χ1) is 11.3. The molecule has 0 unspecified atom stereocenters. The van der Waals surface area contributed by atoms with Crippen molar-refractivity contribution >= 4 is 22.7 Å². The van der Waals surface area contributed by atoms with Gasteiger partial charge in [0.1, 0.15) is 5.82 Å². The maximum absolute atomic E-state index is 12.7. The normalized spacial score (nSPS) is 11.8. The van der Waals surface area contributed by atoms with Gasteiger partial charge in [0.2, 0.25) is 0 Å². The summed E-state index contributed by atoms with van der Waals surface area (Å²) >= 11 is 0.469. The van der Waals surface area contributed by atoms with E-state index in [0.29, 0.717) is 22.7 Å². The highest BCUT2D eigenvalue weighted by atomic mass is 32.2. The lowest BCUT2D eigenvalue weighted by atomic mass is 10.2. The molecule has 24 heavy (non-hydrogen) atoms. The van der Waals surface area contributed by atoms with Crippen molar-refractivity contribution in [3.8, 4) is 5.82 Å². The Kier molecular flexibility index (Phi) is 4.31. The van der Waals surface area contributed by atoms with Crippen molar-refractivity contribution in [3.05, 3.63) is 58.5 Å². The molecule has 0 amide bonds. The third-order valence-electron chi connectivity index (χ3n) is 3.23. The van der Waals surface area contributed by atoms with Crippen LogP contribution in [0.2, 0.25) is 0 Å². The van der Waals surface area contributed by atoms with Crippen molar-refractivity contribution in [3.63, 3.8) is 0 Å². The summed E-state index contributed by atoms with van der Waals surface area (Å²) in [5, 5.41) is 0.295. The molecule has 0 aliphatic rings. The number of hydrogen-bond acceptors (Lipinski definition) is 4. The van der Waals surface area contributed by atoms with Crippen LogP contribution in [-0.4, -0.2) is 26.5 Å². The fourth-order valence-electron chi connectivity index (χ4n) is 2.15. The highest BCUT2D eigenvalue weighted by molar-refractivity contribution is 7.99. The van der Waals surface area contributed by atoms with E-state index in [1.807, 2.05) is 6.92 Å². The Balaban J connectivity index is 2.21. The summed E-state index contributed by atoms with van der Waals surface area (Å²) in [7, 11) is 0. The van der Waals surface area contributed by atoms with Gasteiger partial charge in [0.15, 0.2) is 5.16 Å². The van der Waals surface area contributed by atoms with Gasteiger partial charge in [-0.3, -0.25) is 4.79 Å². The number of alkyl halides is 3. The van der Waals surface area contributed by atoms with Crippen LogP contribution in [0.3, 0.4) is 0 Å². The molecular weight excluding hydrogens is 339 g/mol. The molecule has 3 rings (SSSR count). The zero-order valence-corrected chi connectivity index (χ0v) is 13.4. The second-order valence-electron chi connectivity index (χ2n) is 5.15. The Hall–Kier alpha value is -2.35. The van der Waals surface area contributed by atoms with Crippen LogP contribution in [0.1, 0.15) is 5.56 Å². The van der Waals surface area contributed by atoms with Gasteiger partial charge in [-0.2, -0.15) is 13.2 Å². The van der Waals surface area contributed by atoms with Crippen LogP contribution in [0.5, 0.6) is 0 Å². The van der Waals surface area contributed by atoms with Gasteiger partial charge in [0.05, 0.1) is 16.7 Å². The van der Waals surface area contributed by atoms with E-state index in [9.17, 15) is 18.0 Å². The number of hydrogen-bond donors (Lipinski definition) is 0. The van der Waals surface area contributed by atoms with Gasteiger partial charge in [-0.25, -0.2) is 14.5 Å². The molecule has 2 heterocycles. The van der Waals surface area contributed by atoms with Crippen LogP contribution in [0.15, 0.2) is 52.5 Å². The number of pyridine rings is 1. The van der Waals surface area contributed by atoms with E-state index < -0.39 is 17.5 Å². The van der Waals surface area contributed by atoms with Crippen molar-refractivity contribution < 1.29 is 13.2 Å². The molecule has 0 atom stereocenters. The second-order valence-corrected chi connectivity index (χ2v) is 6.09. The van der Waals surface area contributed by atoms with Gasteiger partial charge in [-0.15, -0.1) is 0 Å². The van der Waals surface area contributed by atoms with Gasteiger partial charge in [-0.05, 0) is 30.7 Å². The van der Waals surface area contributed by atoms with Crippen LogP contribution in [0.25, 0.3) is 16.7 Å². The summed E-state index contributed by atoms with van der Waals surface area (Å²) in [6.45, 7) is 1.83. The average molecular weight is 351 g/mol. The van der Waals surface area contributed by atoms with Crippen molar-refractivity contribution in [1.29, 1.82) is 0 Å². The zero-order valence-electron chi connectivity index (χ0n) is 12.5. The van der Waals surface area contributed by atoms with E-state index in [0.717, 1.165) is 10.1 Å². The Morgan fingerprint density at radius 3 is 2.58 bits per heavy atom. The van der Waals surface area contributed by atoms with Crippen LogP contribution in [-0.2, 0) is 0 Å². The van der Waals surface area contributed by atoms with Gasteiger partial charge < -0.3 is 0 Å². The van der Waals surface area contributed by atoms with Crippen LogP contribution < -0.4 is 5.56 Å². The zero-order chi connectivity index (χ0) is 17.3. The summed E-state index contributed by atoms with van der Waals surface area (Å²) in [4.78, 5) is 21.1. The lowest BCUT2D eigenvalue weighted by Crippen LogP contribution is -2.23. The molecule has 0 aliphatic heterocycles. The number of nitrogens with zero attached hydrogens (tertiary/aromatic N) is 3. The minimum Gasteiger partial charge on any atom is -0.268 e. The number of aryl methyl sites for hydroxylation is 1. The first-order valence-electron chi connectivity index (χ1n) is 6.99. The van der Waals surface area contributed by atoms with Gasteiger partial charge in [0.25, 0.3) is 5.56 Å². The predicted molar refractivity (Wildman–Crippen MR) is 86.7 cm³/mol. The lowest BCUT2D eigenvalue weighted by molar-refractivity contribution is -0.105. The topological polar surface area (TPSA) is 47.8 Å². The molecule has 2 aromatic heterocycles. The fourth-order valence-corrected chi connectivity index (χ4v) is 2.91. The highest BCUT2D eigenvalue weighted by Gasteiger charge is 2.29. The summed E-state index contributed by atoms with van der Waals surface area (Å²) < 4.78 is 38.9. The van der Waals surface area contributed by atoms with Gasteiger partial charge >= 0.3 is 6.18 Å². The minimum atomic E-state index is -4.36. The maximum atomic E-state index is 12.7. The predicted octanol–water partition coefficient (Wildman–Crippen LogP) is 3.74. The molecule has 0 fully saturated rings. The number of thioether (sulfide) groups is 1. The smallest absolute Gasteiger partial charge is 0.268 e. The van der Waals surface area contributed by atoms with Crippen LogP contribution >= 0.6 is 11.8 Å². The molecule has 0 N–H and O–H groups in total. The second kappa shape index (κ2) is 6.27. The molecule has 0 saturated heterocycles. The summed E-state index contributed by atoms with van der Waals surface area (Å²) in [6.07, 6.45) is -2.81. The van der Waals surface area contributed by atoms with E-state index in [1.54, 1.807) is 42.6 Å². The molecule has 8 heteroatoms. The van der Waals surface area contributed by atoms with Crippen molar-refractivity contribution in [2.45, 2.75) is 18.3 Å². The number of rotatable bonds is 3. The number of aromatic nitrogens is 3. The molecule has 0 aliphatic carbocycles. The molecule has 4 nitrogen and oxygen atoms in total. The monoisotopic (exact) mass is 351 g/mol. The van der Waals surface area contributed by atoms with E-state index >= 15 is 0 Å². The molecular formula is C16H12F3N3OS. The maximum Gasteiger partial charge on any atom is 0.398 e. The summed E-state index contributed by atoms with van der Waals surface area (Å²) in [5.74, 6) is -0.891. The third-order valence-corrected chi connectivity index (χ3v) is 4.24. The van der Waals surface area contributed by atoms with Crippen molar-refractivity contribution in [1.82, 2.24) is 14.5 Å². The molecule has 3 aromatic rings. The molecule has 0 bridgehead atoms. The lowest BCUT2D eigenvalue weighted by Gasteiger charge is -2.13. The molecule has 0 spiro atoms. The minimum absolute atomic E-state index is 0.0348. The quantitative estimate of drug-likeness (QED) is 0.533. The number of benzene rings is 1. The number of para-hydroxylation sites is 1. The Labute approximate surface area is 139 Å². The van der Waals surface area contributed by atoms with E-state index in [1.165, 1.54) is 0 Å². The number of fused-ring (bicyclic) bond motifs is 1. The molecule has 1 aromatic carbocycles. The third kappa shape index (κ3) is 3.43. The average Bonchev–Trinajstić information content (AvgIpc) is 2.54. The number of halogens is 3. The SMILES string of the molecule is Cc1ccc(-n2c(SCC(F)(F)F)nc3ccccc3c2=O)nc1. The Morgan fingerprint density at radius 2 is 1.92 bits per heavy atom. The molecule has 0 radical (unpaired) electrons. The van der Waals surface area contributed by atoms with E-state index in [2.05, 4.69) is 9.97 Å². The Morgan fingerprint density at radius 1 is 1.17 bits per heavy atom. The first-order valence-corrected chi connectivity index (χ1v) is 7.98. The standard InChI is InChI=1S/C16H12F3N3OS/c1-10-6-7-13(20-8-10)22-14(23)11-4-2-3-5-12(11)21-15(22)24-9-16(17,18)19/h2-8H,9H2,1H3. The molecule has 124 valence electrons. The molecule has 0 saturated carbocycles. The fraction of sp³-hybridized carbons (Fsp3) is 0.188. The largest absolute Gasteiger partial charge is 0.398 e. The highest BCUT2D eigenvalue weighted by Crippen LogP contribution is 2.27. The van der Waals surface area contributed by atoms with Crippen molar-refractivity contribution in [2.24, 2.45) is 0 Å². The first kappa shape index (κ1) is 16.5. The van der Waals surface area contributed by atoms with Gasteiger partial charge in [-0.1, -0.05) is 30.0 Å². The van der Waals surface area contributed by atoms with Crippen LogP contribution in [0.4, 0.5) is 13.2 Å². The van der Waals surface area contributed by atoms with E-state index in [-0.39, 0.29) is 11.0 Å². The van der Waals surface area contributed by atoms with Gasteiger partial charge in [0, 0.05) is 6.20 Å². The Bertz CT molecular complexity index is 936. The van der Waals surface area contributed by atoms with E-state index in [4.69, 9.17) is 0 Å². The summed E-state index contributed by atoms with van der Waals surface area (Å²) in [5.41, 5.74) is 0.794. The van der Waals surface area contributed by atoms with Crippen molar-refractivity contribution in [2.75, 3.05) is 5.75 Å². The summed E-state index contributed by atoms with van der Waals surface area (Å²) in [6, 6.07) is 9.88.